The van der Waals surface area contributed by atoms with Crippen LogP contribution in [0.25, 0.3) is 10.8 Å². The van der Waals surface area contributed by atoms with Gasteiger partial charge in [0.25, 0.3) is 0 Å². The molecule has 1 aliphatic rings. The smallest absolute Gasteiger partial charge is 0.136 e. The molecule has 1 fully saturated rings. The summed E-state index contributed by atoms with van der Waals surface area (Å²) in [5.41, 5.74) is 6.77. The first-order valence-electron chi connectivity index (χ1n) is 7.64. The fraction of sp³-hybridized carbons (Fsp3) is 0.471. The van der Waals surface area contributed by atoms with E-state index in [1.807, 2.05) is 0 Å². The van der Waals surface area contributed by atoms with Crippen molar-refractivity contribution in [2.45, 2.75) is 19.4 Å². The van der Waals surface area contributed by atoms with Crippen molar-refractivity contribution < 1.29 is 4.74 Å². The molecule has 2 aromatic rings. The van der Waals surface area contributed by atoms with E-state index in [1.165, 1.54) is 23.6 Å². The number of piperidine rings is 1. The summed E-state index contributed by atoms with van der Waals surface area (Å²) < 4.78 is 5.33. The summed E-state index contributed by atoms with van der Waals surface area (Å²) >= 11 is 0. The van der Waals surface area contributed by atoms with Gasteiger partial charge in [0.2, 0.25) is 0 Å². The average molecular weight is 285 g/mol. The first kappa shape index (κ1) is 14.3. The fourth-order valence-electron chi connectivity index (χ4n) is 3.21. The molecule has 4 nitrogen and oxygen atoms in total. The van der Waals surface area contributed by atoms with Gasteiger partial charge in [-0.1, -0.05) is 24.3 Å². The highest BCUT2D eigenvalue weighted by Crippen LogP contribution is 2.29. The van der Waals surface area contributed by atoms with E-state index in [0.717, 1.165) is 31.2 Å². The largest absolute Gasteiger partial charge is 0.384 e. The number of ether oxygens (including phenoxy) is 1. The van der Waals surface area contributed by atoms with Crippen molar-refractivity contribution in [1.29, 1.82) is 0 Å². The van der Waals surface area contributed by atoms with Gasteiger partial charge in [0.15, 0.2) is 0 Å². The quantitative estimate of drug-likeness (QED) is 0.938. The van der Waals surface area contributed by atoms with Gasteiger partial charge in [-0.25, -0.2) is 4.98 Å². The van der Waals surface area contributed by atoms with Crippen molar-refractivity contribution in [3.63, 3.8) is 0 Å². The summed E-state index contributed by atoms with van der Waals surface area (Å²) in [6.07, 6.45) is 2.43. The van der Waals surface area contributed by atoms with Gasteiger partial charge in [-0.15, -0.1) is 0 Å². The Labute approximate surface area is 125 Å². The molecule has 3 rings (SSSR count). The molecule has 1 aromatic heterocycles. The third-order valence-corrected chi connectivity index (χ3v) is 4.20. The first-order chi connectivity index (χ1) is 10.3. The van der Waals surface area contributed by atoms with Gasteiger partial charge in [0.05, 0.1) is 12.3 Å². The van der Waals surface area contributed by atoms with Crippen molar-refractivity contribution in [1.82, 2.24) is 4.98 Å². The molecule has 1 unspecified atom stereocenters. The normalized spacial score (nSPS) is 19.1. The number of aromatic nitrogens is 1. The minimum absolute atomic E-state index is 0.479. The maximum absolute atomic E-state index is 5.81. The maximum atomic E-state index is 5.81. The van der Waals surface area contributed by atoms with Crippen LogP contribution in [0, 0.1) is 5.92 Å². The predicted molar refractivity (Wildman–Crippen MR) is 86.4 cm³/mol. The SMILES string of the molecule is COCC1CCCN(c2nc(CN)cc3ccccc23)C1. The lowest BCUT2D eigenvalue weighted by molar-refractivity contribution is 0.143. The molecule has 0 spiro atoms. The summed E-state index contributed by atoms with van der Waals surface area (Å²) in [5.74, 6) is 1.67. The number of anilines is 1. The van der Waals surface area contributed by atoms with Crippen LogP contribution in [0.4, 0.5) is 5.82 Å². The Morgan fingerprint density at radius 2 is 2.24 bits per heavy atom. The van der Waals surface area contributed by atoms with Crippen molar-refractivity contribution >= 4 is 16.6 Å². The van der Waals surface area contributed by atoms with Crippen molar-refractivity contribution in [3.8, 4) is 0 Å². The summed E-state index contributed by atoms with van der Waals surface area (Å²) in [4.78, 5) is 7.20. The van der Waals surface area contributed by atoms with Crippen LogP contribution in [0.15, 0.2) is 30.3 Å². The van der Waals surface area contributed by atoms with E-state index in [9.17, 15) is 0 Å². The van der Waals surface area contributed by atoms with Gasteiger partial charge in [-0.3, -0.25) is 0 Å². The van der Waals surface area contributed by atoms with Crippen molar-refractivity contribution in [2.24, 2.45) is 11.7 Å². The number of methoxy groups -OCH3 is 1. The highest BCUT2D eigenvalue weighted by Gasteiger charge is 2.22. The van der Waals surface area contributed by atoms with Crippen LogP contribution in [-0.2, 0) is 11.3 Å². The second-order valence-electron chi connectivity index (χ2n) is 5.77. The van der Waals surface area contributed by atoms with Crippen LogP contribution >= 0.6 is 0 Å². The van der Waals surface area contributed by atoms with Gasteiger partial charge in [0, 0.05) is 32.1 Å². The zero-order valence-electron chi connectivity index (χ0n) is 12.6. The maximum Gasteiger partial charge on any atom is 0.136 e. The molecule has 0 bridgehead atoms. The van der Waals surface area contributed by atoms with Crippen LogP contribution in [0.3, 0.4) is 0 Å². The van der Waals surface area contributed by atoms with Crippen LogP contribution in [0.2, 0.25) is 0 Å². The predicted octanol–water partition coefficient (Wildman–Crippen LogP) is 2.56. The van der Waals surface area contributed by atoms with E-state index < -0.39 is 0 Å². The summed E-state index contributed by atoms with van der Waals surface area (Å²) in [6, 6.07) is 10.5. The Kier molecular flexibility index (Phi) is 4.36. The number of hydrogen-bond donors (Lipinski definition) is 1. The van der Waals surface area contributed by atoms with E-state index >= 15 is 0 Å². The van der Waals surface area contributed by atoms with Gasteiger partial charge >= 0.3 is 0 Å². The minimum Gasteiger partial charge on any atom is -0.384 e. The molecule has 1 aromatic carbocycles. The van der Waals surface area contributed by atoms with E-state index in [4.69, 9.17) is 15.5 Å². The summed E-state index contributed by atoms with van der Waals surface area (Å²) in [7, 11) is 1.78. The van der Waals surface area contributed by atoms with Crippen molar-refractivity contribution in [2.75, 3.05) is 31.7 Å². The topological polar surface area (TPSA) is 51.4 Å². The molecule has 0 amide bonds. The lowest BCUT2D eigenvalue weighted by atomic mass is 9.98. The molecule has 1 atom stereocenters. The molecule has 1 aliphatic heterocycles. The summed E-state index contributed by atoms with van der Waals surface area (Å²) in [5, 5.41) is 2.43. The molecular formula is C17H23N3O. The number of benzene rings is 1. The van der Waals surface area contributed by atoms with Crippen LogP contribution in [0.5, 0.6) is 0 Å². The molecule has 2 heterocycles. The molecule has 1 saturated heterocycles. The molecular weight excluding hydrogens is 262 g/mol. The molecule has 0 radical (unpaired) electrons. The lowest BCUT2D eigenvalue weighted by Gasteiger charge is -2.34. The minimum atomic E-state index is 0.479. The Morgan fingerprint density at radius 1 is 1.38 bits per heavy atom. The highest BCUT2D eigenvalue weighted by atomic mass is 16.5. The molecule has 4 heteroatoms. The van der Waals surface area contributed by atoms with Gasteiger partial charge < -0.3 is 15.4 Å². The number of nitrogens with zero attached hydrogens (tertiary/aromatic N) is 2. The number of fused-ring (bicyclic) bond motifs is 1. The lowest BCUT2D eigenvalue weighted by Crippen LogP contribution is -2.37. The Bertz CT molecular complexity index is 612. The Hall–Kier alpha value is -1.65. The third-order valence-electron chi connectivity index (χ3n) is 4.20. The van der Waals surface area contributed by atoms with Crippen LogP contribution in [-0.4, -0.2) is 31.8 Å². The van der Waals surface area contributed by atoms with Gasteiger partial charge in [0.1, 0.15) is 5.82 Å². The van der Waals surface area contributed by atoms with E-state index in [1.54, 1.807) is 7.11 Å². The third kappa shape index (κ3) is 3.01. The van der Waals surface area contributed by atoms with Crippen LogP contribution in [0.1, 0.15) is 18.5 Å². The molecule has 0 saturated carbocycles. The number of pyridine rings is 1. The Morgan fingerprint density at radius 3 is 3.05 bits per heavy atom. The molecule has 0 aliphatic carbocycles. The van der Waals surface area contributed by atoms with E-state index in [2.05, 4.69) is 35.2 Å². The number of nitrogens with two attached hydrogens (primary N) is 1. The number of hydrogen-bond acceptors (Lipinski definition) is 4. The Balaban J connectivity index is 1.98. The van der Waals surface area contributed by atoms with E-state index in [-0.39, 0.29) is 0 Å². The van der Waals surface area contributed by atoms with Gasteiger partial charge in [-0.05, 0) is 30.2 Å². The molecule has 112 valence electrons. The number of rotatable bonds is 4. The standard InChI is InChI=1S/C17H23N3O/c1-21-12-13-5-4-8-20(11-13)17-16-7-3-2-6-14(16)9-15(10-18)19-17/h2-3,6-7,9,13H,4-5,8,10-12,18H2,1H3. The zero-order chi connectivity index (χ0) is 14.7. The monoisotopic (exact) mass is 285 g/mol. The average Bonchev–Trinajstić information content (AvgIpc) is 2.54. The molecule has 21 heavy (non-hydrogen) atoms. The van der Waals surface area contributed by atoms with Crippen molar-refractivity contribution in [3.05, 3.63) is 36.0 Å². The second kappa shape index (κ2) is 6.41. The first-order valence-corrected chi connectivity index (χ1v) is 7.64. The van der Waals surface area contributed by atoms with E-state index in [0.29, 0.717) is 12.5 Å². The fourth-order valence-corrected chi connectivity index (χ4v) is 3.21. The van der Waals surface area contributed by atoms with Gasteiger partial charge in [-0.2, -0.15) is 0 Å². The zero-order valence-corrected chi connectivity index (χ0v) is 12.6. The summed E-state index contributed by atoms with van der Waals surface area (Å²) in [6.45, 7) is 3.38. The second-order valence-corrected chi connectivity index (χ2v) is 5.77. The molecule has 2 N–H and O–H groups in total. The highest BCUT2D eigenvalue weighted by molar-refractivity contribution is 5.92. The van der Waals surface area contributed by atoms with Crippen LogP contribution < -0.4 is 10.6 Å².